The minimum Gasteiger partial charge on any atom is -0.268 e. The Labute approximate surface area is 217 Å². The lowest BCUT2D eigenvalue weighted by Crippen LogP contribution is -2.40. The van der Waals surface area contributed by atoms with Gasteiger partial charge in [-0.15, -0.1) is 0 Å². The average molecular weight is 509 g/mol. The number of aryl methyl sites for hydroxylation is 1. The zero-order valence-electron chi connectivity index (χ0n) is 19.7. The van der Waals surface area contributed by atoms with Crippen molar-refractivity contribution in [3.8, 4) is 16.9 Å². The third-order valence-electron chi connectivity index (χ3n) is 5.67. The van der Waals surface area contributed by atoms with E-state index in [2.05, 4.69) is 25.9 Å². The Morgan fingerprint density at radius 2 is 1.76 bits per heavy atom. The first kappa shape index (κ1) is 23.9. The molecule has 0 bridgehead atoms. The molecule has 9 heteroatoms. The monoisotopic (exact) mass is 508 g/mol. The Hall–Kier alpha value is -4.82. The van der Waals surface area contributed by atoms with Gasteiger partial charge in [-0.25, -0.2) is 9.67 Å². The maximum absolute atomic E-state index is 13.1. The van der Waals surface area contributed by atoms with E-state index in [-0.39, 0.29) is 0 Å². The van der Waals surface area contributed by atoms with E-state index >= 15 is 0 Å². The van der Waals surface area contributed by atoms with Crippen LogP contribution in [0.25, 0.3) is 33.9 Å². The molecule has 5 rings (SSSR count). The van der Waals surface area contributed by atoms with Gasteiger partial charge in [0.05, 0.1) is 28.2 Å². The number of rotatable bonds is 5. The van der Waals surface area contributed by atoms with Crippen molar-refractivity contribution in [2.45, 2.75) is 6.92 Å². The molecule has 37 heavy (non-hydrogen) atoms. The van der Waals surface area contributed by atoms with Gasteiger partial charge in [0.15, 0.2) is 0 Å². The smallest absolute Gasteiger partial charge is 0.268 e. The van der Waals surface area contributed by atoms with Crippen LogP contribution in [0.2, 0.25) is 5.15 Å². The maximum Gasteiger partial charge on any atom is 0.270 e. The Kier molecular flexibility index (Phi) is 6.74. The SMILES string of the molecule is Cc1nn(-c2ccccc2)c(Cl)c1C=CC(=O)NNC(=O)c1cc(-c2cccnc2)nc2ccccc12. The van der Waals surface area contributed by atoms with Crippen molar-refractivity contribution in [2.75, 3.05) is 0 Å². The van der Waals surface area contributed by atoms with E-state index < -0.39 is 11.8 Å². The number of hydrogen-bond acceptors (Lipinski definition) is 5. The fraction of sp³-hybridized carbons (Fsp3) is 0.0357. The molecule has 0 aliphatic rings. The second-order valence-corrected chi connectivity index (χ2v) is 8.49. The highest BCUT2D eigenvalue weighted by Gasteiger charge is 2.15. The van der Waals surface area contributed by atoms with Gasteiger partial charge in [-0.3, -0.25) is 25.4 Å². The first-order valence-electron chi connectivity index (χ1n) is 11.4. The fourth-order valence-electron chi connectivity index (χ4n) is 3.85. The molecule has 0 atom stereocenters. The molecular weight excluding hydrogens is 488 g/mol. The Bertz CT molecular complexity index is 1630. The van der Waals surface area contributed by atoms with E-state index in [4.69, 9.17) is 11.6 Å². The molecule has 0 spiro atoms. The molecule has 5 aromatic rings. The fourth-order valence-corrected chi connectivity index (χ4v) is 4.19. The second-order valence-electron chi connectivity index (χ2n) is 8.13. The quantitative estimate of drug-likeness (QED) is 0.259. The summed E-state index contributed by atoms with van der Waals surface area (Å²) in [5.41, 5.74) is 9.38. The van der Waals surface area contributed by atoms with Gasteiger partial charge in [-0.05, 0) is 49.4 Å². The summed E-state index contributed by atoms with van der Waals surface area (Å²) in [7, 11) is 0. The second kappa shape index (κ2) is 10.4. The molecule has 0 radical (unpaired) electrons. The summed E-state index contributed by atoms with van der Waals surface area (Å²) >= 11 is 6.51. The van der Waals surface area contributed by atoms with E-state index in [1.807, 2.05) is 54.6 Å². The normalized spacial score (nSPS) is 11.1. The third-order valence-corrected chi connectivity index (χ3v) is 6.03. The molecule has 0 aliphatic carbocycles. The van der Waals surface area contributed by atoms with Crippen LogP contribution in [0.1, 0.15) is 21.6 Å². The van der Waals surface area contributed by atoms with Crippen LogP contribution in [0, 0.1) is 6.92 Å². The number of carbonyl (C=O) groups excluding carboxylic acids is 2. The van der Waals surface area contributed by atoms with E-state index in [1.165, 1.54) is 6.08 Å². The van der Waals surface area contributed by atoms with Gasteiger partial charge in [0, 0.05) is 35.0 Å². The van der Waals surface area contributed by atoms with Crippen molar-refractivity contribution >= 4 is 40.4 Å². The topological polar surface area (TPSA) is 102 Å². The summed E-state index contributed by atoms with van der Waals surface area (Å²) < 4.78 is 1.60. The lowest BCUT2D eigenvalue weighted by Gasteiger charge is -2.10. The zero-order valence-corrected chi connectivity index (χ0v) is 20.5. The van der Waals surface area contributed by atoms with Crippen LogP contribution in [-0.2, 0) is 4.79 Å². The number of halogens is 1. The molecule has 2 N–H and O–H groups in total. The van der Waals surface area contributed by atoms with Crippen molar-refractivity contribution in [3.63, 3.8) is 0 Å². The number of nitrogens with zero attached hydrogens (tertiary/aromatic N) is 4. The molecular formula is C28H21ClN6O2. The standard InChI is InChI=1S/C28H21ClN6O2/c1-18-21(27(29)35(34-18)20-9-3-2-4-10-20)13-14-26(36)32-33-28(37)23-16-25(19-8-7-15-30-17-19)31-24-12-6-5-11-22(23)24/h2-17H,1H3,(H,32,36)(H,33,37). The van der Waals surface area contributed by atoms with E-state index in [9.17, 15) is 9.59 Å². The van der Waals surface area contributed by atoms with Gasteiger partial charge in [0.1, 0.15) is 5.15 Å². The van der Waals surface area contributed by atoms with Crippen molar-refractivity contribution in [2.24, 2.45) is 0 Å². The number of amides is 2. The van der Waals surface area contributed by atoms with Gasteiger partial charge in [0.25, 0.3) is 11.8 Å². The van der Waals surface area contributed by atoms with Crippen molar-refractivity contribution in [3.05, 3.63) is 113 Å². The number of benzene rings is 2. The van der Waals surface area contributed by atoms with Crippen LogP contribution in [0.3, 0.4) is 0 Å². The van der Waals surface area contributed by atoms with Crippen LogP contribution in [-0.4, -0.2) is 31.6 Å². The van der Waals surface area contributed by atoms with Gasteiger partial charge >= 0.3 is 0 Å². The first-order chi connectivity index (χ1) is 18.0. The average Bonchev–Trinajstić information content (AvgIpc) is 3.23. The third kappa shape index (κ3) is 5.10. The van der Waals surface area contributed by atoms with Crippen LogP contribution >= 0.6 is 11.6 Å². The van der Waals surface area contributed by atoms with Crippen molar-refractivity contribution in [1.29, 1.82) is 0 Å². The van der Waals surface area contributed by atoms with E-state index in [0.717, 1.165) is 11.3 Å². The molecule has 0 saturated carbocycles. The van der Waals surface area contributed by atoms with Gasteiger partial charge in [0.2, 0.25) is 0 Å². The molecule has 2 aromatic carbocycles. The first-order valence-corrected chi connectivity index (χ1v) is 11.8. The summed E-state index contributed by atoms with van der Waals surface area (Å²) in [6, 6.07) is 22.1. The number of aromatic nitrogens is 4. The highest BCUT2D eigenvalue weighted by molar-refractivity contribution is 6.31. The largest absolute Gasteiger partial charge is 0.270 e. The van der Waals surface area contributed by atoms with Gasteiger partial charge < -0.3 is 0 Å². The van der Waals surface area contributed by atoms with Gasteiger partial charge in [-0.1, -0.05) is 48.0 Å². The Morgan fingerprint density at radius 3 is 2.54 bits per heavy atom. The summed E-state index contributed by atoms with van der Waals surface area (Å²) in [6.45, 7) is 1.80. The zero-order chi connectivity index (χ0) is 25.8. The predicted molar refractivity (Wildman–Crippen MR) is 143 cm³/mol. The number of carbonyl (C=O) groups is 2. The Balaban J connectivity index is 1.33. The molecule has 2 amide bonds. The molecule has 8 nitrogen and oxygen atoms in total. The molecule has 0 unspecified atom stereocenters. The highest BCUT2D eigenvalue weighted by Crippen LogP contribution is 2.25. The van der Waals surface area contributed by atoms with Crippen LogP contribution in [0.4, 0.5) is 0 Å². The van der Waals surface area contributed by atoms with Crippen molar-refractivity contribution in [1.82, 2.24) is 30.6 Å². The molecule has 0 saturated heterocycles. The van der Waals surface area contributed by atoms with Crippen molar-refractivity contribution < 1.29 is 9.59 Å². The number of hydrazine groups is 1. The van der Waals surface area contributed by atoms with Crippen LogP contribution < -0.4 is 10.9 Å². The number of pyridine rings is 2. The minimum atomic E-state index is -0.526. The molecule has 3 aromatic heterocycles. The van der Waals surface area contributed by atoms with Crippen LogP contribution in [0.15, 0.2) is 91.3 Å². The lowest BCUT2D eigenvalue weighted by atomic mass is 10.0. The van der Waals surface area contributed by atoms with Crippen LogP contribution in [0.5, 0.6) is 0 Å². The summed E-state index contributed by atoms with van der Waals surface area (Å²) in [5.74, 6) is -1.00. The minimum absolute atomic E-state index is 0.372. The molecule has 3 heterocycles. The highest BCUT2D eigenvalue weighted by atomic mass is 35.5. The number of para-hydroxylation sites is 2. The summed E-state index contributed by atoms with van der Waals surface area (Å²) in [6.07, 6.45) is 6.20. The molecule has 182 valence electrons. The molecule has 0 aliphatic heterocycles. The predicted octanol–water partition coefficient (Wildman–Crippen LogP) is 4.92. The van der Waals surface area contributed by atoms with Gasteiger partial charge in [-0.2, -0.15) is 5.10 Å². The Morgan fingerprint density at radius 1 is 0.973 bits per heavy atom. The number of nitrogens with one attached hydrogen (secondary N) is 2. The number of hydrogen-bond donors (Lipinski definition) is 2. The lowest BCUT2D eigenvalue weighted by molar-refractivity contribution is -0.117. The maximum atomic E-state index is 13.1. The van der Waals surface area contributed by atoms with E-state index in [0.29, 0.717) is 38.6 Å². The summed E-state index contributed by atoms with van der Waals surface area (Å²) in [4.78, 5) is 34.3. The number of fused-ring (bicyclic) bond motifs is 1. The molecule has 0 fully saturated rings. The van der Waals surface area contributed by atoms with E-state index in [1.54, 1.807) is 48.3 Å². The summed E-state index contributed by atoms with van der Waals surface area (Å²) in [5, 5.41) is 5.49.